The van der Waals surface area contributed by atoms with E-state index < -0.39 is 45.2 Å². The van der Waals surface area contributed by atoms with Crippen LogP contribution in [0.15, 0.2) is 12.3 Å². The van der Waals surface area contributed by atoms with E-state index in [0.29, 0.717) is 5.39 Å². The third-order valence-electron chi connectivity index (χ3n) is 4.24. The fourth-order valence-corrected chi connectivity index (χ4v) is 3.85. The van der Waals surface area contributed by atoms with Crippen molar-refractivity contribution in [1.82, 2.24) is 15.1 Å². The maximum absolute atomic E-state index is 14.0. The van der Waals surface area contributed by atoms with Gasteiger partial charge in [-0.1, -0.05) is 47.0 Å². The molecular formula is C18H8Cl3F5N4S. The largest absolute Gasteiger partial charge is 0.356 e. The lowest BCUT2D eigenvalue weighted by atomic mass is 10.0. The van der Waals surface area contributed by atoms with Gasteiger partial charge in [-0.2, -0.15) is 10.4 Å². The number of nitrogens with zero attached hydrogens (tertiary/aromatic N) is 3. The molecule has 0 aliphatic rings. The molecule has 0 radical (unpaired) electrons. The van der Waals surface area contributed by atoms with Gasteiger partial charge in [0.15, 0.2) is 23.3 Å². The average Bonchev–Trinajstić information content (AvgIpc) is 3.13. The molecule has 0 saturated heterocycles. The van der Waals surface area contributed by atoms with Crippen molar-refractivity contribution in [3.63, 3.8) is 0 Å². The Labute approximate surface area is 192 Å². The molecule has 1 aromatic heterocycles. The summed E-state index contributed by atoms with van der Waals surface area (Å²) < 4.78 is 69.6. The minimum Gasteiger partial charge on any atom is -0.356 e. The summed E-state index contributed by atoms with van der Waals surface area (Å²) in [6.45, 7) is 1.02. The highest BCUT2D eigenvalue weighted by molar-refractivity contribution is 7.80. The molecule has 13 heteroatoms. The lowest BCUT2D eigenvalue weighted by Crippen LogP contribution is -2.48. The van der Waals surface area contributed by atoms with Crippen molar-refractivity contribution in [1.29, 1.82) is 5.26 Å². The molecule has 1 heterocycles. The molecule has 4 nitrogen and oxygen atoms in total. The molecule has 0 saturated carbocycles. The first kappa shape index (κ1) is 23.5. The van der Waals surface area contributed by atoms with E-state index in [9.17, 15) is 27.2 Å². The lowest BCUT2D eigenvalue weighted by Gasteiger charge is -2.25. The zero-order valence-corrected chi connectivity index (χ0v) is 18.2. The zero-order chi connectivity index (χ0) is 23.2. The summed E-state index contributed by atoms with van der Waals surface area (Å²) in [4.78, 5) is -0.854. The van der Waals surface area contributed by atoms with E-state index in [-0.39, 0.29) is 27.1 Å². The number of benzene rings is 2. The second kappa shape index (κ2) is 8.39. The summed E-state index contributed by atoms with van der Waals surface area (Å²) >= 11 is 23.0. The van der Waals surface area contributed by atoms with Crippen LogP contribution in [-0.2, 0) is 6.54 Å². The van der Waals surface area contributed by atoms with E-state index in [4.69, 9.17) is 47.0 Å². The Kier molecular flexibility index (Phi) is 6.35. The first-order chi connectivity index (χ1) is 14.4. The molecular weight excluding hydrogens is 506 g/mol. The molecule has 1 N–H and O–H groups in total. The summed E-state index contributed by atoms with van der Waals surface area (Å²) in [6, 6.07) is 3.24. The van der Waals surface area contributed by atoms with Crippen LogP contribution in [0.2, 0.25) is 15.1 Å². The summed E-state index contributed by atoms with van der Waals surface area (Å²) in [7, 11) is 0. The normalized spacial score (nSPS) is 13.2. The van der Waals surface area contributed by atoms with Crippen molar-refractivity contribution < 1.29 is 22.0 Å². The highest BCUT2D eigenvalue weighted by atomic mass is 35.5. The molecule has 0 bridgehead atoms. The zero-order valence-electron chi connectivity index (χ0n) is 15.1. The van der Waals surface area contributed by atoms with Crippen LogP contribution in [0.5, 0.6) is 0 Å². The minimum absolute atomic E-state index is 0.114. The van der Waals surface area contributed by atoms with Gasteiger partial charge in [0.25, 0.3) is 0 Å². The summed E-state index contributed by atoms with van der Waals surface area (Å²) in [6.07, 6.45) is 1.44. The van der Waals surface area contributed by atoms with E-state index in [2.05, 4.69) is 10.4 Å². The summed E-state index contributed by atoms with van der Waals surface area (Å²) in [5.74, 6) is -10.9. The van der Waals surface area contributed by atoms with Crippen LogP contribution >= 0.6 is 47.0 Å². The second-order valence-electron chi connectivity index (χ2n) is 6.59. The number of nitrogens with one attached hydrogen (secondary N) is 1. The fourth-order valence-electron chi connectivity index (χ4n) is 2.75. The van der Waals surface area contributed by atoms with Crippen LogP contribution in [0.1, 0.15) is 12.5 Å². The van der Waals surface area contributed by atoms with Gasteiger partial charge < -0.3 is 5.32 Å². The quantitative estimate of drug-likeness (QED) is 0.203. The summed E-state index contributed by atoms with van der Waals surface area (Å²) in [5, 5.41) is 17.0. The van der Waals surface area contributed by atoms with E-state index in [1.165, 1.54) is 23.9 Å². The van der Waals surface area contributed by atoms with Gasteiger partial charge in [0, 0.05) is 11.6 Å². The Morgan fingerprint density at radius 1 is 1.10 bits per heavy atom. The van der Waals surface area contributed by atoms with Gasteiger partial charge in [-0.15, -0.1) is 0 Å². The van der Waals surface area contributed by atoms with E-state index in [1.807, 2.05) is 6.07 Å². The first-order valence-corrected chi connectivity index (χ1v) is 9.70. The highest BCUT2D eigenvalue weighted by Gasteiger charge is 2.32. The first-order valence-electron chi connectivity index (χ1n) is 8.16. The molecule has 1 atom stereocenters. The van der Waals surface area contributed by atoms with Gasteiger partial charge in [0.1, 0.15) is 16.0 Å². The van der Waals surface area contributed by atoms with E-state index in [0.717, 1.165) is 0 Å². The number of fused-ring (bicyclic) bond motifs is 1. The van der Waals surface area contributed by atoms with Crippen molar-refractivity contribution in [3.8, 4) is 6.07 Å². The molecule has 0 fully saturated rings. The molecule has 2 aromatic carbocycles. The highest BCUT2D eigenvalue weighted by Crippen LogP contribution is 2.35. The van der Waals surface area contributed by atoms with Crippen LogP contribution in [0.3, 0.4) is 0 Å². The Morgan fingerprint density at radius 3 is 2.19 bits per heavy atom. The SMILES string of the molecule is CC(C#N)(Cn1cc2c(Cl)cc(Cl)c(Cl)c2n1)NC(=S)c1c(F)c(F)c(F)c(F)c1F. The van der Waals surface area contributed by atoms with Crippen LogP contribution in [-0.4, -0.2) is 20.3 Å². The van der Waals surface area contributed by atoms with Crippen molar-refractivity contribution >= 4 is 62.9 Å². The van der Waals surface area contributed by atoms with Crippen LogP contribution in [0.4, 0.5) is 22.0 Å². The number of thiocarbonyl (C=S) groups is 1. The van der Waals surface area contributed by atoms with Gasteiger partial charge in [-0.3, -0.25) is 4.68 Å². The summed E-state index contributed by atoms with van der Waals surface area (Å²) in [5.41, 5.74) is -2.79. The molecule has 31 heavy (non-hydrogen) atoms. The van der Waals surface area contributed by atoms with Crippen molar-refractivity contribution in [2.75, 3.05) is 0 Å². The lowest BCUT2D eigenvalue weighted by molar-refractivity contribution is 0.375. The number of nitriles is 1. The molecule has 162 valence electrons. The number of hydrogen-bond donors (Lipinski definition) is 1. The average molecular weight is 514 g/mol. The maximum Gasteiger partial charge on any atom is 0.200 e. The third kappa shape index (κ3) is 4.15. The number of aromatic nitrogens is 2. The van der Waals surface area contributed by atoms with Crippen molar-refractivity contribution in [2.45, 2.75) is 19.0 Å². The third-order valence-corrected chi connectivity index (χ3v) is 5.64. The van der Waals surface area contributed by atoms with E-state index in [1.54, 1.807) is 0 Å². The topological polar surface area (TPSA) is 53.6 Å². The molecule has 0 amide bonds. The molecule has 0 aliphatic carbocycles. The number of rotatable bonds is 4. The Balaban J connectivity index is 1.97. The van der Waals surface area contributed by atoms with Gasteiger partial charge in [0.05, 0.1) is 33.2 Å². The molecule has 1 unspecified atom stereocenters. The minimum atomic E-state index is -2.32. The van der Waals surface area contributed by atoms with Gasteiger partial charge >= 0.3 is 0 Å². The van der Waals surface area contributed by atoms with Gasteiger partial charge in [-0.05, 0) is 13.0 Å². The monoisotopic (exact) mass is 512 g/mol. The predicted octanol–water partition coefficient (Wildman–Crippen LogP) is 5.94. The Hall–Kier alpha value is -2.19. The maximum atomic E-state index is 14.0. The van der Waals surface area contributed by atoms with Crippen molar-refractivity contribution in [2.24, 2.45) is 0 Å². The van der Waals surface area contributed by atoms with Crippen LogP contribution < -0.4 is 5.32 Å². The van der Waals surface area contributed by atoms with Gasteiger partial charge in [-0.25, -0.2) is 22.0 Å². The van der Waals surface area contributed by atoms with E-state index >= 15 is 0 Å². The van der Waals surface area contributed by atoms with Crippen LogP contribution in [0, 0.1) is 40.4 Å². The van der Waals surface area contributed by atoms with Crippen molar-refractivity contribution in [3.05, 3.63) is 62.0 Å². The predicted molar refractivity (Wildman–Crippen MR) is 110 cm³/mol. The van der Waals surface area contributed by atoms with Crippen LogP contribution in [0.25, 0.3) is 10.9 Å². The second-order valence-corrected chi connectivity index (χ2v) is 8.19. The Bertz CT molecular complexity index is 1260. The molecule has 3 aromatic rings. The van der Waals surface area contributed by atoms with Gasteiger partial charge in [0.2, 0.25) is 5.82 Å². The smallest absolute Gasteiger partial charge is 0.200 e. The number of halogens is 8. The standard InChI is InChI=1S/C18H8Cl3F5N4S/c1-18(4-27,5-30-3-6-7(19)2-8(20)10(21)16(6)29-30)28-17(31)9-11(22)13(24)15(26)14(25)12(9)23/h2-3H,5H2,1H3,(H,28,31). The fraction of sp³-hybridized carbons (Fsp3) is 0.167. The molecule has 3 rings (SSSR count). The molecule has 0 spiro atoms. The number of hydrogen-bond acceptors (Lipinski definition) is 3. The Morgan fingerprint density at radius 2 is 1.65 bits per heavy atom. The molecule has 0 aliphatic heterocycles.